The number of hydrogen-bond acceptors (Lipinski definition) is 0. The van der Waals surface area contributed by atoms with Crippen LogP contribution in [0.1, 0.15) is 70.4 Å². The molecule has 0 bridgehead atoms. The maximum Gasteiger partial charge on any atom is -0.0188 e. The van der Waals surface area contributed by atoms with E-state index in [1.54, 1.807) is 0 Å². The quantitative estimate of drug-likeness (QED) is 0.625. The van der Waals surface area contributed by atoms with Crippen molar-refractivity contribution in [1.82, 2.24) is 0 Å². The van der Waals surface area contributed by atoms with Crippen LogP contribution in [0.25, 0.3) is 0 Å². The summed E-state index contributed by atoms with van der Waals surface area (Å²) >= 11 is 0. The third-order valence-electron chi connectivity index (χ3n) is 3.49. The van der Waals surface area contributed by atoms with Crippen molar-refractivity contribution < 1.29 is 0 Å². The minimum absolute atomic E-state index is 0.684. The zero-order valence-corrected chi connectivity index (χ0v) is 11.5. The Morgan fingerprint density at radius 3 is 2.00 bits per heavy atom. The minimum atomic E-state index is 0.684. The highest BCUT2D eigenvalue weighted by Crippen LogP contribution is 2.27. The fraction of sp³-hybridized carbons (Fsp3) is 0.625. The van der Waals surface area contributed by atoms with Gasteiger partial charge in [0.05, 0.1) is 0 Å². The summed E-state index contributed by atoms with van der Waals surface area (Å²) in [4.78, 5) is 0. The highest BCUT2D eigenvalue weighted by atomic mass is 14.1. The molecule has 0 saturated heterocycles. The highest BCUT2D eigenvalue weighted by Gasteiger charge is 2.10. The van der Waals surface area contributed by atoms with Crippen LogP contribution in [-0.4, -0.2) is 0 Å². The summed E-state index contributed by atoms with van der Waals surface area (Å²) in [6.07, 6.45) is 2.51. The zero-order chi connectivity index (χ0) is 12.1. The first kappa shape index (κ1) is 13.3. The Morgan fingerprint density at radius 2 is 1.50 bits per heavy atom. The van der Waals surface area contributed by atoms with Crippen molar-refractivity contribution in [2.75, 3.05) is 0 Å². The van der Waals surface area contributed by atoms with Gasteiger partial charge in [-0.1, -0.05) is 58.9 Å². The number of hydrogen-bond donors (Lipinski definition) is 0. The van der Waals surface area contributed by atoms with Crippen molar-refractivity contribution in [1.29, 1.82) is 0 Å². The van der Waals surface area contributed by atoms with Crippen LogP contribution in [0.4, 0.5) is 0 Å². The normalized spacial score (nSPS) is 15.1. The Hall–Kier alpha value is -0.780. The lowest BCUT2D eigenvalue weighted by Crippen LogP contribution is -2.00. The molecule has 0 spiro atoms. The average molecular weight is 218 g/mol. The molecule has 0 aromatic heterocycles. The molecule has 0 aliphatic heterocycles. The van der Waals surface area contributed by atoms with E-state index in [-0.39, 0.29) is 0 Å². The summed E-state index contributed by atoms with van der Waals surface area (Å²) in [6.45, 7) is 11.5. The fourth-order valence-corrected chi connectivity index (χ4v) is 2.25. The van der Waals surface area contributed by atoms with E-state index in [2.05, 4.69) is 58.9 Å². The Labute approximate surface area is 101 Å². The van der Waals surface area contributed by atoms with E-state index in [0.717, 1.165) is 5.92 Å². The molecule has 0 heterocycles. The molecule has 1 aromatic rings. The molecular weight excluding hydrogens is 192 g/mol. The van der Waals surface area contributed by atoms with Gasteiger partial charge in [0, 0.05) is 0 Å². The molecule has 1 aromatic carbocycles. The molecule has 0 aliphatic carbocycles. The van der Waals surface area contributed by atoms with Crippen molar-refractivity contribution in [3.63, 3.8) is 0 Å². The predicted octanol–water partition coefficient (Wildman–Crippen LogP) is 5.35. The minimum Gasteiger partial charge on any atom is -0.0648 e. The Kier molecular flexibility index (Phi) is 5.05. The molecule has 1 rings (SSSR count). The van der Waals surface area contributed by atoms with Gasteiger partial charge in [-0.05, 0) is 41.7 Å². The van der Waals surface area contributed by atoms with Gasteiger partial charge >= 0.3 is 0 Å². The van der Waals surface area contributed by atoms with Crippen molar-refractivity contribution in [3.05, 3.63) is 35.4 Å². The Morgan fingerprint density at radius 1 is 0.938 bits per heavy atom. The Bertz CT molecular complexity index is 312. The summed E-state index contributed by atoms with van der Waals surface area (Å²) in [5, 5.41) is 0. The second kappa shape index (κ2) is 6.08. The second-order valence-electron chi connectivity index (χ2n) is 5.51. The van der Waals surface area contributed by atoms with Crippen LogP contribution < -0.4 is 0 Å². The van der Waals surface area contributed by atoms with Gasteiger partial charge in [-0.15, -0.1) is 0 Å². The third kappa shape index (κ3) is 3.66. The molecule has 0 radical (unpaired) electrons. The molecule has 0 amide bonds. The van der Waals surface area contributed by atoms with E-state index in [9.17, 15) is 0 Å². The topological polar surface area (TPSA) is 0 Å². The van der Waals surface area contributed by atoms with E-state index in [1.807, 2.05) is 0 Å². The number of rotatable bonds is 5. The maximum absolute atomic E-state index is 2.40. The van der Waals surface area contributed by atoms with Gasteiger partial charge in [-0.2, -0.15) is 0 Å². The SMILES string of the molecule is CCC(C)c1cccc(C(C)CC(C)C)c1. The lowest BCUT2D eigenvalue weighted by atomic mass is 9.89. The maximum atomic E-state index is 2.40. The van der Waals surface area contributed by atoms with E-state index >= 15 is 0 Å². The standard InChI is InChI=1S/C16H26/c1-6-13(4)15-8-7-9-16(11-15)14(5)10-12(2)3/h7-9,11-14H,6,10H2,1-5H3. The molecule has 0 fully saturated rings. The molecular formula is C16H26. The van der Waals surface area contributed by atoms with Crippen LogP contribution in [0.2, 0.25) is 0 Å². The van der Waals surface area contributed by atoms with E-state index in [4.69, 9.17) is 0 Å². The molecule has 2 unspecified atom stereocenters. The predicted molar refractivity (Wildman–Crippen MR) is 73.0 cm³/mol. The zero-order valence-electron chi connectivity index (χ0n) is 11.5. The molecule has 90 valence electrons. The van der Waals surface area contributed by atoms with Gasteiger partial charge in [0.25, 0.3) is 0 Å². The van der Waals surface area contributed by atoms with Crippen molar-refractivity contribution in [2.24, 2.45) is 5.92 Å². The van der Waals surface area contributed by atoms with E-state index < -0.39 is 0 Å². The molecule has 0 nitrogen and oxygen atoms in total. The smallest absolute Gasteiger partial charge is 0.0188 e. The number of benzene rings is 1. The lowest BCUT2D eigenvalue weighted by molar-refractivity contribution is 0.523. The summed E-state index contributed by atoms with van der Waals surface area (Å²) in [5.41, 5.74) is 3.00. The van der Waals surface area contributed by atoms with Crippen LogP contribution in [0, 0.1) is 5.92 Å². The molecule has 2 atom stereocenters. The van der Waals surface area contributed by atoms with Gasteiger partial charge in [-0.25, -0.2) is 0 Å². The van der Waals surface area contributed by atoms with Gasteiger partial charge < -0.3 is 0 Å². The summed E-state index contributed by atoms with van der Waals surface area (Å²) in [5.74, 6) is 2.15. The van der Waals surface area contributed by atoms with E-state index in [0.29, 0.717) is 11.8 Å². The van der Waals surface area contributed by atoms with E-state index in [1.165, 1.54) is 24.0 Å². The first-order valence-electron chi connectivity index (χ1n) is 6.64. The van der Waals surface area contributed by atoms with Crippen LogP contribution in [0.5, 0.6) is 0 Å². The third-order valence-corrected chi connectivity index (χ3v) is 3.49. The summed E-state index contributed by atoms with van der Waals surface area (Å²) in [7, 11) is 0. The highest BCUT2D eigenvalue weighted by molar-refractivity contribution is 5.28. The average Bonchev–Trinajstić information content (AvgIpc) is 2.27. The molecule has 0 N–H and O–H groups in total. The lowest BCUT2D eigenvalue weighted by Gasteiger charge is -2.17. The summed E-state index contributed by atoms with van der Waals surface area (Å²) < 4.78 is 0. The largest absolute Gasteiger partial charge is 0.0648 e. The summed E-state index contributed by atoms with van der Waals surface area (Å²) in [6, 6.07) is 9.16. The van der Waals surface area contributed by atoms with Crippen molar-refractivity contribution >= 4 is 0 Å². The fourth-order valence-electron chi connectivity index (χ4n) is 2.25. The Balaban J connectivity index is 2.81. The van der Waals surface area contributed by atoms with Crippen LogP contribution in [0.3, 0.4) is 0 Å². The van der Waals surface area contributed by atoms with Gasteiger partial charge in [0.15, 0.2) is 0 Å². The monoisotopic (exact) mass is 218 g/mol. The van der Waals surface area contributed by atoms with Crippen LogP contribution in [-0.2, 0) is 0 Å². The van der Waals surface area contributed by atoms with Crippen molar-refractivity contribution in [3.8, 4) is 0 Å². The molecule has 0 heteroatoms. The first-order valence-corrected chi connectivity index (χ1v) is 6.64. The first-order chi connectivity index (χ1) is 7.54. The molecule has 0 aliphatic rings. The van der Waals surface area contributed by atoms with Gasteiger partial charge in [0.1, 0.15) is 0 Å². The van der Waals surface area contributed by atoms with Crippen LogP contribution in [0.15, 0.2) is 24.3 Å². The van der Waals surface area contributed by atoms with Crippen LogP contribution >= 0.6 is 0 Å². The molecule has 16 heavy (non-hydrogen) atoms. The second-order valence-corrected chi connectivity index (χ2v) is 5.51. The van der Waals surface area contributed by atoms with Crippen molar-refractivity contribution in [2.45, 2.75) is 59.3 Å². The van der Waals surface area contributed by atoms with Gasteiger partial charge in [0.2, 0.25) is 0 Å². The van der Waals surface area contributed by atoms with Gasteiger partial charge in [-0.3, -0.25) is 0 Å². The molecule has 0 saturated carbocycles.